The second kappa shape index (κ2) is 6.29. The fourth-order valence-corrected chi connectivity index (χ4v) is 3.10. The SMILES string of the molecule is COc1ccc(N2C(=N)S/C(=C\c3ccc(O)cc3O)C2=O)cc1. The van der Waals surface area contributed by atoms with E-state index in [0.29, 0.717) is 21.9 Å². The Morgan fingerprint density at radius 3 is 2.50 bits per heavy atom. The van der Waals surface area contributed by atoms with E-state index >= 15 is 0 Å². The number of benzene rings is 2. The molecule has 3 N–H and O–H groups in total. The van der Waals surface area contributed by atoms with Gasteiger partial charge in [-0.25, -0.2) is 0 Å². The number of hydrogen-bond acceptors (Lipinski definition) is 6. The van der Waals surface area contributed by atoms with E-state index < -0.39 is 0 Å². The molecule has 0 spiro atoms. The van der Waals surface area contributed by atoms with Gasteiger partial charge in [-0.05, 0) is 54.2 Å². The number of nitrogens with one attached hydrogen (secondary N) is 1. The van der Waals surface area contributed by atoms with Gasteiger partial charge < -0.3 is 14.9 Å². The van der Waals surface area contributed by atoms with Crippen molar-refractivity contribution in [1.82, 2.24) is 0 Å². The summed E-state index contributed by atoms with van der Waals surface area (Å²) in [6, 6.07) is 11.0. The molecule has 1 amide bonds. The first kappa shape index (κ1) is 15.9. The van der Waals surface area contributed by atoms with Gasteiger partial charge >= 0.3 is 0 Å². The first-order chi connectivity index (χ1) is 11.5. The van der Waals surface area contributed by atoms with Crippen LogP contribution in [0.1, 0.15) is 5.56 Å². The molecule has 3 rings (SSSR count). The van der Waals surface area contributed by atoms with Crippen molar-refractivity contribution in [1.29, 1.82) is 5.41 Å². The van der Waals surface area contributed by atoms with E-state index in [2.05, 4.69) is 0 Å². The number of phenols is 2. The molecule has 0 unspecified atom stereocenters. The molecule has 6 nitrogen and oxygen atoms in total. The van der Waals surface area contributed by atoms with Crippen LogP contribution in [0, 0.1) is 5.41 Å². The van der Waals surface area contributed by atoms with E-state index in [9.17, 15) is 15.0 Å². The Hall–Kier alpha value is -2.93. The van der Waals surface area contributed by atoms with Crippen LogP contribution < -0.4 is 9.64 Å². The maximum Gasteiger partial charge on any atom is 0.271 e. The quantitative estimate of drug-likeness (QED) is 0.745. The molecule has 1 heterocycles. The summed E-state index contributed by atoms with van der Waals surface area (Å²) in [6.07, 6.45) is 1.50. The number of aromatic hydroxyl groups is 2. The summed E-state index contributed by atoms with van der Waals surface area (Å²) in [5.74, 6) is 0.120. The molecule has 0 saturated carbocycles. The zero-order valence-corrected chi connectivity index (χ0v) is 13.5. The first-order valence-corrected chi connectivity index (χ1v) is 7.80. The van der Waals surface area contributed by atoms with E-state index in [0.717, 1.165) is 11.8 Å². The van der Waals surface area contributed by atoms with Crippen LogP contribution in [0.3, 0.4) is 0 Å². The van der Waals surface area contributed by atoms with Crippen molar-refractivity contribution in [3.63, 3.8) is 0 Å². The molecule has 1 saturated heterocycles. The number of carbonyl (C=O) groups excluding carboxylic acids is 1. The van der Waals surface area contributed by atoms with Gasteiger partial charge in [0.05, 0.1) is 17.7 Å². The molecule has 1 aliphatic heterocycles. The molecule has 0 radical (unpaired) electrons. The molecule has 7 heteroatoms. The number of rotatable bonds is 3. The Balaban J connectivity index is 1.92. The molecule has 2 aromatic rings. The fraction of sp³-hybridized carbons (Fsp3) is 0.0588. The van der Waals surface area contributed by atoms with E-state index in [4.69, 9.17) is 10.1 Å². The highest BCUT2D eigenvalue weighted by Crippen LogP contribution is 2.37. The molecule has 2 aromatic carbocycles. The predicted molar refractivity (Wildman–Crippen MR) is 93.5 cm³/mol. The smallest absolute Gasteiger partial charge is 0.271 e. The summed E-state index contributed by atoms with van der Waals surface area (Å²) >= 11 is 1.01. The number of hydrogen-bond donors (Lipinski definition) is 3. The molecule has 0 atom stereocenters. The maximum absolute atomic E-state index is 12.6. The molecular formula is C17H14N2O4S. The van der Waals surface area contributed by atoms with E-state index in [1.807, 2.05) is 0 Å². The third-order valence-electron chi connectivity index (χ3n) is 3.45. The minimum atomic E-state index is -0.345. The maximum atomic E-state index is 12.6. The van der Waals surface area contributed by atoms with Crippen molar-refractivity contribution >= 4 is 34.6 Å². The highest BCUT2D eigenvalue weighted by Gasteiger charge is 2.33. The number of thioether (sulfide) groups is 1. The second-order valence-electron chi connectivity index (χ2n) is 5.00. The molecule has 0 bridgehead atoms. The van der Waals surface area contributed by atoms with Gasteiger partial charge in [0, 0.05) is 11.6 Å². The molecular weight excluding hydrogens is 328 g/mol. The Kier molecular flexibility index (Phi) is 4.18. The summed E-state index contributed by atoms with van der Waals surface area (Å²) < 4.78 is 5.09. The lowest BCUT2D eigenvalue weighted by Gasteiger charge is -2.14. The lowest BCUT2D eigenvalue weighted by molar-refractivity contribution is -0.113. The lowest BCUT2D eigenvalue weighted by Crippen LogP contribution is -2.27. The highest BCUT2D eigenvalue weighted by atomic mass is 32.2. The molecule has 24 heavy (non-hydrogen) atoms. The van der Waals surface area contributed by atoms with Crippen molar-refractivity contribution in [2.45, 2.75) is 0 Å². The molecule has 1 aliphatic rings. The van der Waals surface area contributed by atoms with Crippen LogP contribution in [-0.2, 0) is 4.79 Å². The lowest BCUT2D eigenvalue weighted by atomic mass is 10.1. The number of amides is 1. The molecule has 122 valence electrons. The Labute approximate surface area is 142 Å². The minimum absolute atomic E-state index is 0.0624. The third kappa shape index (κ3) is 2.93. The number of ether oxygens (including phenoxy) is 1. The normalized spacial score (nSPS) is 16.0. The van der Waals surface area contributed by atoms with Gasteiger partial charge in [-0.2, -0.15) is 0 Å². The summed E-state index contributed by atoms with van der Waals surface area (Å²) in [6.45, 7) is 0. The molecule has 0 aromatic heterocycles. The van der Waals surface area contributed by atoms with Crippen molar-refractivity contribution in [3.8, 4) is 17.2 Å². The van der Waals surface area contributed by atoms with Crippen LogP contribution in [0.4, 0.5) is 5.69 Å². The van der Waals surface area contributed by atoms with Gasteiger partial charge in [0.15, 0.2) is 5.17 Å². The van der Waals surface area contributed by atoms with Crippen molar-refractivity contribution in [2.75, 3.05) is 12.0 Å². The number of anilines is 1. The fourth-order valence-electron chi connectivity index (χ4n) is 2.25. The van der Waals surface area contributed by atoms with E-state index in [-0.39, 0.29) is 22.6 Å². The van der Waals surface area contributed by atoms with Crippen LogP contribution in [0.2, 0.25) is 0 Å². The monoisotopic (exact) mass is 342 g/mol. The van der Waals surface area contributed by atoms with Gasteiger partial charge in [-0.1, -0.05) is 0 Å². The number of methoxy groups -OCH3 is 1. The number of amidine groups is 1. The third-order valence-corrected chi connectivity index (χ3v) is 4.34. The number of nitrogens with zero attached hydrogens (tertiary/aromatic N) is 1. The van der Waals surface area contributed by atoms with Gasteiger partial charge in [-0.3, -0.25) is 15.1 Å². The Morgan fingerprint density at radius 1 is 1.17 bits per heavy atom. The second-order valence-corrected chi connectivity index (χ2v) is 6.03. The van der Waals surface area contributed by atoms with Crippen LogP contribution in [0.25, 0.3) is 6.08 Å². The summed E-state index contributed by atoms with van der Waals surface area (Å²) in [5.41, 5.74) is 0.963. The minimum Gasteiger partial charge on any atom is -0.508 e. The number of carbonyl (C=O) groups is 1. The van der Waals surface area contributed by atoms with Gasteiger partial charge in [0.2, 0.25) is 0 Å². The first-order valence-electron chi connectivity index (χ1n) is 6.98. The number of phenolic OH excluding ortho intramolecular Hbond substituents is 2. The van der Waals surface area contributed by atoms with Gasteiger partial charge in [-0.15, -0.1) is 0 Å². The van der Waals surface area contributed by atoms with Gasteiger partial charge in [0.1, 0.15) is 17.2 Å². The Bertz CT molecular complexity index is 846. The van der Waals surface area contributed by atoms with Gasteiger partial charge in [0.25, 0.3) is 5.91 Å². The molecule has 0 aliphatic carbocycles. The summed E-state index contributed by atoms with van der Waals surface area (Å²) in [7, 11) is 1.55. The van der Waals surface area contributed by atoms with Crippen LogP contribution >= 0.6 is 11.8 Å². The predicted octanol–water partition coefficient (Wildman–Crippen LogP) is 3.16. The Morgan fingerprint density at radius 2 is 1.88 bits per heavy atom. The van der Waals surface area contributed by atoms with Crippen molar-refractivity contribution in [2.24, 2.45) is 0 Å². The average molecular weight is 342 g/mol. The van der Waals surface area contributed by atoms with Crippen LogP contribution in [-0.4, -0.2) is 28.4 Å². The van der Waals surface area contributed by atoms with E-state index in [1.54, 1.807) is 31.4 Å². The highest BCUT2D eigenvalue weighted by molar-refractivity contribution is 8.19. The molecule has 1 fully saturated rings. The standard InChI is InChI=1S/C17H14N2O4S/c1-23-13-6-3-11(4-7-13)19-16(22)15(24-17(19)18)8-10-2-5-12(20)9-14(10)21/h2-9,18,20-21H,1H3/b15-8-,18-17?. The topological polar surface area (TPSA) is 93.8 Å². The average Bonchev–Trinajstić information content (AvgIpc) is 2.84. The van der Waals surface area contributed by atoms with E-state index in [1.165, 1.54) is 29.2 Å². The zero-order valence-electron chi connectivity index (χ0n) is 12.7. The summed E-state index contributed by atoms with van der Waals surface area (Å²) in [4.78, 5) is 14.2. The van der Waals surface area contributed by atoms with Crippen LogP contribution in [0.5, 0.6) is 17.2 Å². The largest absolute Gasteiger partial charge is 0.508 e. The zero-order chi connectivity index (χ0) is 17.3. The van der Waals surface area contributed by atoms with Crippen molar-refractivity contribution < 1.29 is 19.7 Å². The van der Waals surface area contributed by atoms with Crippen LogP contribution in [0.15, 0.2) is 47.4 Å². The summed E-state index contributed by atoms with van der Waals surface area (Å²) in [5, 5.41) is 27.3. The van der Waals surface area contributed by atoms with Crippen molar-refractivity contribution in [3.05, 3.63) is 52.9 Å².